The van der Waals surface area contributed by atoms with Crippen LogP contribution in [0.3, 0.4) is 0 Å². The molecule has 3 N–H and O–H groups in total. The van der Waals surface area contributed by atoms with Gasteiger partial charge in [-0.2, -0.15) is 9.78 Å². The van der Waals surface area contributed by atoms with Gasteiger partial charge in [-0.1, -0.05) is 17.3 Å². The van der Waals surface area contributed by atoms with Crippen molar-refractivity contribution in [1.29, 1.82) is 0 Å². The Morgan fingerprint density at radius 2 is 2.06 bits per heavy atom. The molecule has 0 unspecified atom stereocenters. The molecule has 162 valence electrons. The number of ether oxygens (including phenoxy) is 1. The van der Waals surface area contributed by atoms with E-state index in [0.29, 0.717) is 29.3 Å². The number of hydrazone groups is 1. The molecule has 12 heteroatoms. The molecule has 0 bridgehead atoms. The number of nitrogens with one attached hydrogen (secondary N) is 1. The lowest BCUT2D eigenvalue weighted by atomic mass is 10.1. The number of pyridine rings is 1. The van der Waals surface area contributed by atoms with Crippen molar-refractivity contribution in [2.45, 2.75) is 13.8 Å². The molecule has 0 fully saturated rings. The first-order chi connectivity index (χ1) is 15.6. The minimum Gasteiger partial charge on any atom is -0.494 e. The van der Waals surface area contributed by atoms with Crippen molar-refractivity contribution in [2.24, 2.45) is 5.10 Å². The van der Waals surface area contributed by atoms with E-state index in [2.05, 4.69) is 40.8 Å². The van der Waals surface area contributed by atoms with Crippen LogP contribution in [-0.2, 0) is 0 Å². The number of nitrogens with two attached hydrogens (primary N) is 1. The number of aromatic nitrogens is 6. The van der Waals surface area contributed by atoms with Crippen LogP contribution in [0.15, 0.2) is 58.5 Å². The first-order valence-electron chi connectivity index (χ1n) is 9.60. The lowest BCUT2D eigenvalue weighted by Gasteiger charge is -2.08. The SMILES string of the molecule is CCOc1cccc(-c2c(C(=O)N/N=C(/C)c3ccncc3)nnn2-c2nonc2N)c1. The lowest BCUT2D eigenvalue weighted by molar-refractivity contribution is 0.0950. The fraction of sp³-hybridized carbons (Fsp3) is 0.150. The summed E-state index contributed by atoms with van der Waals surface area (Å²) in [6, 6.07) is 10.7. The molecular formula is C20H19N9O3. The highest BCUT2D eigenvalue weighted by Gasteiger charge is 2.25. The molecule has 4 aromatic rings. The molecule has 0 saturated carbocycles. The molecule has 12 nitrogen and oxygen atoms in total. The van der Waals surface area contributed by atoms with Crippen LogP contribution in [0.5, 0.6) is 5.75 Å². The van der Waals surface area contributed by atoms with Crippen molar-refractivity contribution in [3.8, 4) is 22.8 Å². The van der Waals surface area contributed by atoms with Crippen LogP contribution < -0.4 is 15.9 Å². The minimum absolute atomic E-state index is 0.00405. The topological polar surface area (TPSA) is 159 Å². The molecule has 4 rings (SSSR count). The first-order valence-corrected chi connectivity index (χ1v) is 9.60. The van der Waals surface area contributed by atoms with Crippen molar-refractivity contribution >= 4 is 17.4 Å². The fourth-order valence-electron chi connectivity index (χ4n) is 2.92. The van der Waals surface area contributed by atoms with Gasteiger partial charge in [0.05, 0.1) is 12.3 Å². The largest absolute Gasteiger partial charge is 0.494 e. The number of nitrogen functional groups attached to an aromatic ring is 1. The van der Waals surface area contributed by atoms with Crippen molar-refractivity contribution in [1.82, 2.24) is 35.7 Å². The highest BCUT2D eigenvalue weighted by Crippen LogP contribution is 2.29. The van der Waals surface area contributed by atoms with Gasteiger partial charge in [0, 0.05) is 23.5 Å². The average Bonchev–Trinajstić information content (AvgIpc) is 3.44. The molecule has 0 aliphatic carbocycles. The Morgan fingerprint density at radius 3 is 2.78 bits per heavy atom. The zero-order valence-corrected chi connectivity index (χ0v) is 17.3. The maximum atomic E-state index is 13.0. The Labute approximate surface area is 182 Å². The van der Waals surface area contributed by atoms with Crippen LogP contribution >= 0.6 is 0 Å². The Hall–Kier alpha value is -4.61. The quantitative estimate of drug-likeness (QED) is 0.327. The van der Waals surface area contributed by atoms with Gasteiger partial charge in [-0.05, 0) is 48.4 Å². The van der Waals surface area contributed by atoms with E-state index in [1.54, 1.807) is 55.7 Å². The van der Waals surface area contributed by atoms with Crippen LogP contribution in [-0.4, -0.2) is 48.5 Å². The second-order valence-electron chi connectivity index (χ2n) is 6.51. The Balaban J connectivity index is 1.74. The van der Waals surface area contributed by atoms with Gasteiger partial charge in [-0.25, -0.2) is 10.1 Å². The summed E-state index contributed by atoms with van der Waals surface area (Å²) >= 11 is 0. The normalized spacial score (nSPS) is 11.4. The third-order valence-corrected chi connectivity index (χ3v) is 4.42. The molecule has 0 aliphatic rings. The van der Waals surface area contributed by atoms with Gasteiger partial charge in [0.2, 0.25) is 11.6 Å². The van der Waals surface area contributed by atoms with E-state index in [-0.39, 0.29) is 17.3 Å². The molecule has 0 spiro atoms. The summed E-state index contributed by atoms with van der Waals surface area (Å²) in [6.45, 7) is 4.13. The van der Waals surface area contributed by atoms with Crippen LogP contribution in [0.25, 0.3) is 17.1 Å². The predicted molar refractivity (Wildman–Crippen MR) is 114 cm³/mol. The van der Waals surface area contributed by atoms with Crippen LogP contribution in [0, 0.1) is 0 Å². The van der Waals surface area contributed by atoms with Crippen molar-refractivity contribution < 1.29 is 14.2 Å². The van der Waals surface area contributed by atoms with Crippen molar-refractivity contribution in [2.75, 3.05) is 12.3 Å². The minimum atomic E-state index is -0.573. The standard InChI is InChI=1S/C20H19N9O3/c1-3-31-15-6-4-5-14(11-15)17-16(24-28-29(17)19-18(21)26-32-27-19)20(30)25-23-12(2)13-7-9-22-10-8-13/h4-11H,3H2,1-2H3,(H2,21,26)(H,25,30)/b23-12-. The summed E-state index contributed by atoms with van der Waals surface area (Å²) in [5.74, 6) is 0.138. The number of hydrogen-bond acceptors (Lipinski definition) is 10. The second kappa shape index (κ2) is 9.04. The lowest BCUT2D eigenvalue weighted by Crippen LogP contribution is -2.21. The van der Waals surface area contributed by atoms with Gasteiger partial charge in [0.25, 0.3) is 5.91 Å². The Kier molecular flexibility index (Phi) is 5.83. The number of anilines is 1. The molecule has 1 amide bonds. The van der Waals surface area contributed by atoms with Gasteiger partial charge in [0.15, 0.2) is 5.69 Å². The summed E-state index contributed by atoms with van der Waals surface area (Å²) in [7, 11) is 0. The van der Waals surface area contributed by atoms with E-state index in [9.17, 15) is 4.79 Å². The maximum Gasteiger partial charge on any atom is 0.294 e. The highest BCUT2D eigenvalue weighted by atomic mass is 16.6. The summed E-state index contributed by atoms with van der Waals surface area (Å²) in [5.41, 5.74) is 10.7. The third kappa shape index (κ3) is 4.14. The fourth-order valence-corrected chi connectivity index (χ4v) is 2.92. The first kappa shape index (κ1) is 20.7. The summed E-state index contributed by atoms with van der Waals surface area (Å²) in [6.07, 6.45) is 3.28. The van der Waals surface area contributed by atoms with E-state index in [0.717, 1.165) is 5.56 Å². The molecule has 0 aliphatic heterocycles. The zero-order valence-electron chi connectivity index (χ0n) is 17.3. The molecule has 1 aromatic carbocycles. The Bertz CT molecular complexity index is 1260. The highest BCUT2D eigenvalue weighted by molar-refractivity contribution is 6.02. The maximum absolute atomic E-state index is 13.0. The number of rotatable bonds is 7. The summed E-state index contributed by atoms with van der Waals surface area (Å²) in [5, 5.41) is 19.6. The average molecular weight is 433 g/mol. The van der Waals surface area contributed by atoms with E-state index in [4.69, 9.17) is 10.5 Å². The van der Waals surface area contributed by atoms with E-state index >= 15 is 0 Å². The van der Waals surface area contributed by atoms with Crippen LogP contribution in [0.4, 0.5) is 5.82 Å². The van der Waals surface area contributed by atoms with Gasteiger partial charge < -0.3 is 10.5 Å². The van der Waals surface area contributed by atoms with Crippen LogP contribution in [0.1, 0.15) is 29.9 Å². The van der Waals surface area contributed by atoms with Crippen molar-refractivity contribution in [3.05, 3.63) is 60.0 Å². The van der Waals surface area contributed by atoms with Gasteiger partial charge in [-0.3, -0.25) is 9.78 Å². The number of carbonyl (C=O) groups is 1. The number of carbonyl (C=O) groups excluding carboxylic acids is 1. The molecule has 0 radical (unpaired) electrons. The third-order valence-electron chi connectivity index (χ3n) is 4.42. The predicted octanol–water partition coefficient (Wildman–Crippen LogP) is 1.85. The van der Waals surface area contributed by atoms with Crippen molar-refractivity contribution in [3.63, 3.8) is 0 Å². The van der Waals surface area contributed by atoms with Gasteiger partial charge in [0.1, 0.15) is 11.4 Å². The number of nitrogens with zero attached hydrogens (tertiary/aromatic N) is 7. The van der Waals surface area contributed by atoms with Gasteiger partial charge >= 0.3 is 0 Å². The smallest absolute Gasteiger partial charge is 0.294 e. The van der Waals surface area contributed by atoms with Gasteiger partial charge in [-0.15, -0.1) is 5.10 Å². The zero-order chi connectivity index (χ0) is 22.5. The summed E-state index contributed by atoms with van der Waals surface area (Å²) in [4.78, 5) is 17.0. The Morgan fingerprint density at radius 1 is 1.25 bits per heavy atom. The van der Waals surface area contributed by atoms with Crippen LogP contribution in [0.2, 0.25) is 0 Å². The molecule has 0 saturated heterocycles. The summed E-state index contributed by atoms with van der Waals surface area (Å²) < 4.78 is 11.5. The number of benzene rings is 1. The molecule has 0 atom stereocenters. The van der Waals surface area contributed by atoms with E-state index < -0.39 is 5.91 Å². The molecule has 3 aromatic heterocycles. The molecule has 3 heterocycles. The monoisotopic (exact) mass is 433 g/mol. The van der Waals surface area contributed by atoms with E-state index in [1.807, 2.05) is 6.92 Å². The molecular weight excluding hydrogens is 414 g/mol. The second-order valence-corrected chi connectivity index (χ2v) is 6.51. The number of amides is 1. The number of hydrogen-bond donors (Lipinski definition) is 2. The molecule has 32 heavy (non-hydrogen) atoms. The van der Waals surface area contributed by atoms with E-state index in [1.165, 1.54) is 4.68 Å².